The molecular formula is C18H18F4N2O3S. The number of rotatable bonds is 7. The van der Waals surface area contributed by atoms with Crippen LogP contribution in [0.15, 0.2) is 35.2 Å². The highest BCUT2D eigenvalue weighted by molar-refractivity contribution is 7.92. The molecule has 1 aliphatic rings. The second kappa shape index (κ2) is 7.67. The molecule has 0 saturated heterocycles. The van der Waals surface area contributed by atoms with Gasteiger partial charge in [-0.3, -0.25) is 4.72 Å². The van der Waals surface area contributed by atoms with Crippen molar-refractivity contribution in [3.05, 3.63) is 53.0 Å². The number of nitrogens with zero attached hydrogens (tertiary/aromatic N) is 1. The molecule has 1 aromatic heterocycles. The van der Waals surface area contributed by atoms with Gasteiger partial charge in [-0.05, 0) is 55.5 Å². The minimum absolute atomic E-state index is 0.0543. The number of hydrogen-bond acceptors (Lipinski definition) is 4. The van der Waals surface area contributed by atoms with Crippen LogP contribution in [0.2, 0.25) is 0 Å². The predicted octanol–water partition coefficient (Wildman–Crippen LogP) is 4.28. The first-order chi connectivity index (χ1) is 13.1. The van der Waals surface area contributed by atoms with Crippen LogP contribution in [0, 0.1) is 18.7 Å². The molecule has 1 heterocycles. The number of alkyl halides is 3. The van der Waals surface area contributed by atoms with E-state index in [4.69, 9.17) is 4.74 Å². The summed E-state index contributed by atoms with van der Waals surface area (Å²) in [6, 6.07) is 4.52. The summed E-state index contributed by atoms with van der Waals surface area (Å²) in [6.07, 6.45) is -2.68. The van der Waals surface area contributed by atoms with Crippen LogP contribution in [0.3, 0.4) is 0 Å². The fraction of sp³-hybridized carbons (Fsp3) is 0.389. The molecule has 0 aliphatic heterocycles. The summed E-state index contributed by atoms with van der Waals surface area (Å²) in [6.45, 7) is 2.68. The summed E-state index contributed by atoms with van der Waals surface area (Å²) in [5.41, 5.74) is -0.335. The number of sulfonamides is 1. The second-order valence-electron chi connectivity index (χ2n) is 6.64. The zero-order chi connectivity index (χ0) is 20.5. The molecule has 1 fully saturated rings. The van der Waals surface area contributed by atoms with Crippen molar-refractivity contribution in [1.29, 1.82) is 0 Å². The van der Waals surface area contributed by atoms with Gasteiger partial charge in [0.2, 0.25) is 0 Å². The van der Waals surface area contributed by atoms with E-state index in [2.05, 4.69) is 9.71 Å². The molecule has 5 nitrogen and oxygen atoms in total. The molecule has 1 aromatic carbocycles. The third-order valence-electron chi connectivity index (χ3n) is 4.30. The number of aryl methyl sites for hydroxylation is 1. The van der Waals surface area contributed by atoms with E-state index in [-0.39, 0.29) is 11.9 Å². The predicted molar refractivity (Wildman–Crippen MR) is 93.6 cm³/mol. The normalized spacial score (nSPS) is 14.9. The number of benzene rings is 1. The third-order valence-corrected chi connectivity index (χ3v) is 5.65. The quantitative estimate of drug-likeness (QED) is 0.682. The fourth-order valence-electron chi connectivity index (χ4n) is 2.50. The molecule has 1 aliphatic carbocycles. The van der Waals surface area contributed by atoms with Crippen molar-refractivity contribution in [2.75, 3.05) is 11.3 Å². The number of aromatic nitrogens is 1. The minimum atomic E-state index is -5.01. The van der Waals surface area contributed by atoms with Gasteiger partial charge in [-0.2, -0.15) is 13.2 Å². The maximum absolute atomic E-state index is 13.4. The zero-order valence-corrected chi connectivity index (χ0v) is 15.7. The van der Waals surface area contributed by atoms with Crippen LogP contribution in [0.25, 0.3) is 0 Å². The van der Waals surface area contributed by atoms with Crippen LogP contribution in [0.1, 0.15) is 29.7 Å². The van der Waals surface area contributed by atoms with Crippen molar-refractivity contribution in [1.82, 2.24) is 4.98 Å². The van der Waals surface area contributed by atoms with Crippen LogP contribution in [-0.2, 0) is 27.5 Å². The lowest BCUT2D eigenvalue weighted by atomic mass is 10.2. The van der Waals surface area contributed by atoms with E-state index in [0.717, 1.165) is 24.5 Å². The van der Waals surface area contributed by atoms with Crippen LogP contribution >= 0.6 is 0 Å². The Morgan fingerprint density at radius 3 is 2.54 bits per heavy atom. The lowest BCUT2D eigenvalue weighted by Crippen LogP contribution is -2.16. The van der Waals surface area contributed by atoms with E-state index in [9.17, 15) is 26.0 Å². The monoisotopic (exact) mass is 418 g/mol. The van der Waals surface area contributed by atoms with Crippen molar-refractivity contribution >= 4 is 15.8 Å². The molecular weight excluding hydrogens is 400 g/mol. The molecule has 152 valence electrons. The fourth-order valence-corrected chi connectivity index (χ4v) is 3.53. The third kappa shape index (κ3) is 4.99. The molecule has 0 amide bonds. The summed E-state index contributed by atoms with van der Waals surface area (Å²) in [7, 11) is -4.37. The zero-order valence-electron chi connectivity index (χ0n) is 14.9. The highest BCUT2D eigenvalue weighted by atomic mass is 32.2. The first-order valence-electron chi connectivity index (χ1n) is 8.50. The Morgan fingerprint density at radius 2 is 1.93 bits per heavy atom. The lowest BCUT2D eigenvalue weighted by Gasteiger charge is -2.13. The highest BCUT2D eigenvalue weighted by Crippen LogP contribution is 2.33. The van der Waals surface area contributed by atoms with Crippen LogP contribution < -0.4 is 4.72 Å². The summed E-state index contributed by atoms with van der Waals surface area (Å²) in [4.78, 5) is 3.41. The highest BCUT2D eigenvalue weighted by Gasteiger charge is 2.35. The van der Waals surface area contributed by atoms with E-state index < -0.39 is 32.5 Å². The van der Waals surface area contributed by atoms with Gasteiger partial charge in [0.05, 0.1) is 17.1 Å². The summed E-state index contributed by atoms with van der Waals surface area (Å²) >= 11 is 0. The number of hydrogen-bond donors (Lipinski definition) is 1. The maximum Gasteiger partial charge on any atom is 0.419 e. The first-order valence-corrected chi connectivity index (χ1v) is 9.98. The van der Waals surface area contributed by atoms with E-state index >= 15 is 0 Å². The Bertz CT molecular complexity index is 973. The molecule has 0 unspecified atom stereocenters. The largest absolute Gasteiger partial charge is 0.419 e. The van der Waals surface area contributed by atoms with E-state index in [1.54, 1.807) is 13.0 Å². The number of pyridine rings is 1. The number of ether oxygens (including phenoxy) is 1. The maximum atomic E-state index is 13.4. The van der Waals surface area contributed by atoms with Gasteiger partial charge in [0.1, 0.15) is 11.6 Å². The van der Waals surface area contributed by atoms with Gasteiger partial charge in [0.15, 0.2) is 0 Å². The number of nitrogens with one attached hydrogen (secondary N) is 1. The van der Waals surface area contributed by atoms with Crippen molar-refractivity contribution in [3.63, 3.8) is 0 Å². The van der Waals surface area contributed by atoms with Crippen LogP contribution in [0.5, 0.6) is 0 Å². The van der Waals surface area contributed by atoms with Gasteiger partial charge < -0.3 is 4.74 Å². The Morgan fingerprint density at radius 1 is 1.21 bits per heavy atom. The SMILES string of the molecule is Cc1nc(NS(=O)(=O)c2ccc(F)c(C(F)(F)F)c2)ccc1COCC1CC1. The number of halogens is 4. The molecule has 28 heavy (non-hydrogen) atoms. The van der Waals surface area contributed by atoms with Crippen molar-refractivity contribution < 1.29 is 30.7 Å². The van der Waals surface area contributed by atoms with Gasteiger partial charge in [-0.25, -0.2) is 17.8 Å². The molecule has 1 N–H and O–H groups in total. The van der Waals surface area contributed by atoms with Crippen LogP contribution in [0.4, 0.5) is 23.4 Å². The lowest BCUT2D eigenvalue weighted by molar-refractivity contribution is -0.140. The van der Waals surface area contributed by atoms with E-state index in [0.29, 0.717) is 30.9 Å². The van der Waals surface area contributed by atoms with Crippen molar-refractivity contribution in [2.24, 2.45) is 5.92 Å². The molecule has 0 atom stereocenters. The molecule has 3 rings (SSSR count). The summed E-state index contributed by atoms with van der Waals surface area (Å²) in [5, 5.41) is 0. The standard InChI is InChI=1S/C18H18F4N2O3S/c1-11-13(10-27-9-12-2-3-12)4-7-17(23-11)24-28(25,26)14-5-6-16(19)15(8-14)18(20,21)22/h4-8,12H,2-3,9-10H2,1H3,(H,23,24). The molecule has 0 bridgehead atoms. The van der Waals surface area contributed by atoms with Gasteiger partial charge in [0, 0.05) is 12.3 Å². The molecule has 1 saturated carbocycles. The van der Waals surface area contributed by atoms with E-state index in [1.165, 1.54) is 6.07 Å². The molecule has 10 heteroatoms. The second-order valence-corrected chi connectivity index (χ2v) is 8.33. The van der Waals surface area contributed by atoms with Gasteiger partial charge in [-0.15, -0.1) is 0 Å². The molecule has 0 radical (unpaired) electrons. The van der Waals surface area contributed by atoms with E-state index in [1.807, 2.05) is 0 Å². The summed E-state index contributed by atoms with van der Waals surface area (Å²) < 4.78 is 84.3. The van der Waals surface area contributed by atoms with Crippen LogP contribution in [-0.4, -0.2) is 20.0 Å². The Labute approximate surface area is 159 Å². The Balaban J connectivity index is 1.75. The average molecular weight is 418 g/mol. The topological polar surface area (TPSA) is 68.3 Å². The Hall–Kier alpha value is -2.20. The summed E-state index contributed by atoms with van der Waals surface area (Å²) in [5.74, 6) is -0.992. The van der Waals surface area contributed by atoms with Crippen molar-refractivity contribution in [3.8, 4) is 0 Å². The first kappa shape index (κ1) is 20.5. The van der Waals surface area contributed by atoms with Gasteiger partial charge >= 0.3 is 6.18 Å². The van der Waals surface area contributed by atoms with Gasteiger partial charge in [0.25, 0.3) is 10.0 Å². The van der Waals surface area contributed by atoms with Crippen molar-refractivity contribution in [2.45, 2.75) is 37.4 Å². The smallest absolute Gasteiger partial charge is 0.376 e. The minimum Gasteiger partial charge on any atom is -0.376 e. The molecule has 0 spiro atoms. The average Bonchev–Trinajstić information content (AvgIpc) is 3.40. The Kier molecular flexibility index (Phi) is 5.62. The molecule has 2 aromatic rings. The van der Waals surface area contributed by atoms with Gasteiger partial charge in [-0.1, -0.05) is 6.07 Å². The number of anilines is 1.